The van der Waals surface area contributed by atoms with Gasteiger partial charge in [0.15, 0.2) is 6.35 Å². The fourth-order valence-corrected chi connectivity index (χ4v) is 7.04. The SMILES string of the molecule is COc1ccc(C#N)cc1CN1C[C@]2(CC[C@](c3ccccc3)(N(C)C)CC2)N(Cc2cc(C#N)ccc2OC)C1O. The van der Waals surface area contributed by atoms with Gasteiger partial charge in [-0.3, -0.25) is 14.7 Å². The monoisotopic (exact) mass is 565 g/mol. The van der Waals surface area contributed by atoms with Crippen molar-refractivity contribution in [3.63, 3.8) is 0 Å². The molecule has 1 unspecified atom stereocenters. The summed E-state index contributed by atoms with van der Waals surface area (Å²) < 4.78 is 11.3. The van der Waals surface area contributed by atoms with Crippen molar-refractivity contribution in [1.29, 1.82) is 10.5 Å². The van der Waals surface area contributed by atoms with Crippen molar-refractivity contribution < 1.29 is 14.6 Å². The lowest BCUT2D eigenvalue weighted by molar-refractivity contribution is -0.0989. The topological polar surface area (TPSA) is 96.0 Å². The summed E-state index contributed by atoms with van der Waals surface area (Å²) >= 11 is 0. The molecule has 1 saturated carbocycles. The van der Waals surface area contributed by atoms with Crippen LogP contribution in [0.2, 0.25) is 0 Å². The van der Waals surface area contributed by atoms with E-state index in [-0.39, 0.29) is 11.1 Å². The average molecular weight is 566 g/mol. The van der Waals surface area contributed by atoms with Crippen molar-refractivity contribution in [3.05, 3.63) is 94.5 Å². The molecule has 8 heteroatoms. The molecule has 3 aromatic rings. The first-order valence-electron chi connectivity index (χ1n) is 14.3. The van der Waals surface area contributed by atoms with Gasteiger partial charge in [0.05, 0.1) is 37.5 Å². The minimum atomic E-state index is -0.875. The van der Waals surface area contributed by atoms with Gasteiger partial charge in [0.2, 0.25) is 0 Å². The number of nitriles is 2. The van der Waals surface area contributed by atoms with E-state index in [1.807, 2.05) is 24.3 Å². The predicted octanol–water partition coefficient (Wildman–Crippen LogP) is 4.81. The molecule has 1 heterocycles. The third kappa shape index (κ3) is 5.35. The fourth-order valence-electron chi connectivity index (χ4n) is 7.04. The van der Waals surface area contributed by atoms with Gasteiger partial charge >= 0.3 is 0 Å². The summed E-state index contributed by atoms with van der Waals surface area (Å²) in [5.41, 5.74) is 3.75. The van der Waals surface area contributed by atoms with Gasteiger partial charge in [-0.05, 0) is 81.7 Å². The van der Waals surface area contributed by atoms with Crippen LogP contribution in [-0.4, -0.2) is 66.6 Å². The van der Waals surface area contributed by atoms with Crippen molar-refractivity contribution in [3.8, 4) is 23.6 Å². The van der Waals surface area contributed by atoms with Crippen LogP contribution in [0.25, 0.3) is 0 Å². The molecule has 2 fully saturated rings. The van der Waals surface area contributed by atoms with Crippen molar-refractivity contribution in [2.45, 2.75) is 56.2 Å². The molecule has 8 nitrogen and oxygen atoms in total. The van der Waals surface area contributed by atoms with E-state index >= 15 is 0 Å². The first-order valence-corrected chi connectivity index (χ1v) is 14.3. The van der Waals surface area contributed by atoms with E-state index < -0.39 is 6.35 Å². The third-order valence-corrected chi connectivity index (χ3v) is 9.42. The van der Waals surface area contributed by atoms with E-state index in [2.05, 4.69) is 71.3 Å². The van der Waals surface area contributed by atoms with E-state index in [0.717, 1.165) is 36.8 Å². The number of hydrogen-bond donors (Lipinski definition) is 1. The summed E-state index contributed by atoms with van der Waals surface area (Å²) in [5.74, 6) is 1.39. The van der Waals surface area contributed by atoms with E-state index in [1.54, 1.807) is 26.4 Å². The van der Waals surface area contributed by atoms with Crippen molar-refractivity contribution in [2.75, 3.05) is 34.9 Å². The molecule has 0 radical (unpaired) electrons. The van der Waals surface area contributed by atoms with Crippen LogP contribution in [0.4, 0.5) is 0 Å². The molecule has 1 N–H and O–H groups in total. The lowest BCUT2D eigenvalue weighted by atomic mass is 9.68. The minimum absolute atomic E-state index is 0.0979. The molecular weight excluding hydrogens is 526 g/mol. The number of benzene rings is 3. The summed E-state index contributed by atoms with van der Waals surface area (Å²) in [6.45, 7) is 1.53. The van der Waals surface area contributed by atoms with E-state index in [9.17, 15) is 15.6 Å². The Kier molecular flexibility index (Phi) is 8.54. The van der Waals surface area contributed by atoms with Crippen LogP contribution in [0.3, 0.4) is 0 Å². The first-order chi connectivity index (χ1) is 20.3. The molecule has 1 aliphatic heterocycles. The quantitative estimate of drug-likeness (QED) is 0.416. The molecule has 1 atom stereocenters. The summed E-state index contributed by atoms with van der Waals surface area (Å²) in [4.78, 5) is 6.61. The molecule has 0 aromatic heterocycles. The number of aliphatic hydroxyl groups is 1. The highest BCUT2D eigenvalue weighted by Crippen LogP contribution is 2.50. The van der Waals surface area contributed by atoms with Crippen molar-refractivity contribution in [1.82, 2.24) is 14.7 Å². The van der Waals surface area contributed by atoms with Crippen molar-refractivity contribution >= 4 is 0 Å². The summed E-state index contributed by atoms with van der Waals surface area (Å²) in [6, 6.07) is 26.0. The molecule has 2 aliphatic rings. The van der Waals surface area contributed by atoms with E-state index in [1.165, 1.54) is 5.56 Å². The molecule has 3 aromatic carbocycles. The fraction of sp³-hybridized carbons (Fsp3) is 0.412. The van der Waals surface area contributed by atoms with E-state index in [4.69, 9.17) is 9.47 Å². The maximum atomic E-state index is 12.0. The van der Waals surface area contributed by atoms with Crippen LogP contribution in [0.5, 0.6) is 11.5 Å². The molecule has 1 aliphatic carbocycles. The Morgan fingerprint density at radius 1 is 0.833 bits per heavy atom. The average Bonchev–Trinajstić information content (AvgIpc) is 3.26. The zero-order valence-electron chi connectivity index (χ0n) is 24.9. The van der Waals surface area contributed by atoms with Gasteiger partial charge in [-0.15, -0.1) is 0 Å². The summed E-state index contributed by atoms with van der Waals surface area (Å²) in [5, 5.41) is 31.1. The Morgan fingerprint density at radius 2 is 1.38 bits per heavy atom. The van der Waals surface area contributed by atoms with Crippen LogP contribution in [0.15, 0.2) is 66.7 Å². The maximum Gasteiger partial charge on any atom is 0.166 e. The van der Waals surface area contributed by atoms with Crippen LogP contribution in [0, 0.1) is 22.7 Å². The number of methoxy groups -OCH3 is 2. The van der Waals surface area contributed by atoms with E-state index in [0.29, 0.717) is 42.3 Å². The Bertz CT molecular complexity index is 1490. The molecule has 1 spiro atoms. The normalized spacial score (nSPS) is 24.4. The molecule has 0 amide bonds. The number of rotatable bonds is 8. The predicted molar refractivity (Wildman–Crippen MR) is 160 cm³/mol. The molecule has 42 heavy (non-hydrogen) atoms. The van der Waals surface area contributed by atoms with Crippen LogP contribution >= 0.6 is 0 Å². The minimum Gasteiger partial charge on any atom is -0.496 e. The standard InChI is InChI=1S/C34H39N5O3/c1-37(2)34(29-8-6-5-7-9-29)16-14-33(15-17-34)24-38(22-27-18-25(20-35)10-12-30(27)41-3)32(40)39(33)23-28-19-26(21-36)11-13-31(28)42-4/h5-13,18-19,32,40H,14-17,22-24H2,1-4H3/t32?,33-,34+. The lowest BCUT2D eigenvalue weighted by Gasteiger charge is -2.51. The van der Waals surface area contributed by atoms with Gasteiger partial charge in [-0.1, -0.05) is 30.3 Å². The molecule has 218 valence electrons. The number of ether oxygens (including phenoxy) is 2. The lowest BCUT2D eigenvalue weighted by Crippen LogP contribution is -2.55. The Hall–Kier alpha value is -3.92. The van der Waals surface area contributed by atoms with Crippen LogP contribution in [-0.2, 0) is 18.6 Å². The molecule has 5 rings (SSSR count). The van der Waals surface area contributed by atoms with Crippen molar-refractivity contribution in [2.24, 2.45) is 0 Å². The first kappa shape index (κ1) is 29.6. The van der Waals surface area contributed by atoms with Crippen LogP contribution in [0.1, 0.15) is 53.5 Å². The zero-order chi connectivity index (χ0) is 29.9. The van der Waals surface area contributed by atoms with Gasteiger partial charge in [0.1, 0.15) is 11.5 Å². The highest BCUT2D eigenvalue weighted by molar-refractivity contribution is 5.43. The summed E-state index contributed by atoms with van der Waals surface area (Å²) in [7, 11) is 7.57. The van der Waals surface area contributed by atoms with Gasteiger partial charge < -0.3 is 14.6 Å². The second-order valence-electron chi connectivity index (χ2n) is 11.7. The zero-order valence-corrected chi connectivity index (χ0v) is 24.9. The Labute approximate surface area is 248 Å². The second-order valence-corrected chi connectivity index (χ2v) is 11.7. The van der Waals surface area contributed by atoms with Gasteiger partial charge in [0, 0.05) is 41.8 Å². The Morgan fingerprint density at radius 3 is 1.88 bits per heavy atom. The smallest absolute Gasteiger partial charge is 0.166 e. The molecule has 1 saturated heterocycles. The highest BCUT2D eigenvalue weighted by Gasteiger charge is 2.54. The largest absolute Gasteiger partial charge is 0.496 e. The van der Waals surface area contributed by atoms with Gasteiger partial charge in [0.25, 0.3) is 0 Å². The Balaban J connectivity index is 1.52. The number of nitrogens with zero attached hydrogens (tertiary/aromatic N) is 5. The molecular formula is C34H39N5O3. The van der Waals surface area contributed by atoms with Gasteiger partial charge in [-0.2, -0.15) is 10.5 Å². The number of hydrogen-bond acceptors (Lipinski definition) is 8. The maximum absolute atomic E-state index is 12.0. The highest BCUT2D eigenvalue weighted by atomic mass is 16.5. The number of aliphatic hydroxyl groups excluding tert-OH is 1. The van der Waals surface area contributed by atoms with Crippen LogP contribution < -0.4 is 9.47 Å². The summed E-state index contributed by atoms with van der Waals surface area (Å²) in [6.07, 6.45) is 2.75. The third-order valence-electron chi connectivity index (χ3n) is 9.42. The molecule has 0 bridgehead atoms. The second kappa shape index (κ2) is 12.1. The van der Waals surface area contributed by atoms with Gasteiger partial charge in [-0.25, -0.2) is 0 Å².